The van der Waals surface area contributed by atoms with Crippen LogP contribution in [0.3, 0.4) is 0 Å². The van der Waals surface area contributed by atoms with Gasteiger partial charge in [0.2, 0.25) is 5.88 Å². The van der Waals surface area contributed by atoms with Crippen LogP contribution in [0.15, 0.2) is 34.8 Å². The summed E-state index contributed by atoms with van der Waals surface area (Å²) in [6.45, 7) is -0.180. The number of nitrogens with zero attached hydrogens (tertiary/aromatic N) is 2. The lowest BCUT2D eigenvalue weighted by molar-refractivity contribution is 0.274. The topological polar surface area (TPSA) is 55.2 Å². The monoisotopic (exact) mass is 298 g/mol. The summed E-state index contributed by atoms with van der Waals surface area (Å²) < 4.78 is 18.9. The van der Waals surface area contributed by atoms with E-state index in [-0.39, 0.29) is 12.5 Å². The SMILES string of the molecule is OCc1ccc(Oc2ccc(Br)c(F)c2)nn1. The highest BCUT2D eigenvalue weighted by Crippen LogP contribution is 2.24. The molecule has 2 aromatic rings. The van der Waals surface area contributed by atoms with Crippen LogP contribution in [0.2, 0.25) is 0 Å². The van der Waals surface area contributed by atoms with Crippen LogP contribution in [0.4, 0.5) is 4.39 Å². The molecule has 0 amide bonds. The van der Waals surface area contributed by atoms with E-state index in [0.717, 1.165) is 0 Å². The van der Waals surface area contributed by atoms with Crippen LogP contribution in [0, 0.1) is 5.82 Å². The van der Waals surface area contributed by atoms with Crippen molar-refractivity contribution in [2.45, 2.75) is 6.61 Å². The van der Waals surface area contributed by atoms with Crippen LogP contribution in [-0.2, 0) is 6.61 Å². The van der Waals surface area contributed by atoms with E-state index in [4.69, 9.17) is 9.84 Å². The second kappa shape index (κ2) is 5.20. The highest BCUT2D eigenvalue weighted by molar-refractivity contribution is 9.10. The predicted molar refractivity (Wildman–Crippen MR) is 62.1 cm³/mol. The van der Waals surface area contributed by atoms with Gasteiger partial charge in [-0.15, -0.1) is 10.2 Å². The third-order valence-corrected chi connectivity index (χ3v) is 2.61. The number of rotatable bonds is 3. The van der Waals surface area contributed by atoms with Crippen LogP contribution in [0.25, 0.3) is 0 Å². The molecule has 0 radical (unpaired) electrons. The van der Waals surface area contributed by atoms with Gasteiger partial charge in [-0.3, -0.25) is 0 Å². The van der Waals surface area contributed by atoms with E-state index in [1.165, 1.54) is 6.07 Å². The highest BCUT2D eigenvalue weighted by Gasteiger charge is 2.04. The van der Waals surface area contributed by atoms with E-state index < -0.39 is 5.82 Å². The molecule has 0 aliphatic heterocycles. The predicted octanol–water partition coefficient (Wildman–Crippen LogP) is 2.66. The van der Waals surface area contributed by atoms with Gasteiger partial charge in [0.05, 0.1) is 16.8 Å². The number of aliphatic hydroxyl groups excluding tert-OH is 1. The minimum atomic E-state index is -0.414. The quantitative estimate of drug-likeness (QED) is 0.946. The second-order valence-electron chi connectivity index (χ2n) is 3.20. The summed E-state index contributed by atoms with van der Waals surface area (Å²) in [7, 11) is 0. The zero-order valence-electron chi connectivity index (χ0n) is 8.60. The molecule has 0 saturated carbocycles. The van der Waals surface area contributed by atoms with Crippen LogP contribution in [0.1, 0.15) is 5.69 Å². The molecule has 6 heteroatoms. The van der Waals surface area contributed by atoms with E-state index in [2.05, 4.69) is 26.1 Å². The first-order chi connectivity index (χ1) is 8.19. The first kappa shape index (κ1) is 11.9. The minimum absolute atomic E-state index is 0.180. The van der Waals surface area contributed by atoms with Gasteiger partial charge in [0, 0.05) is 12.1 Å². The molecule has 0 aliphatic rings. The van der Waals surface area contributed by atoms with Gasteiger partial charge in [-0.1, -0.05) is 0 Å². The molecule has 1 aromatic carbocycles. The maximum absolute atomic E-state index is 13.2. The van der Waals surface area contributed by atoms with Crippen molar-refractivity contribution in [1.82, 2.24) is 10.2 Å². The summed E-state index contributed by atoms with van der Waals surface area (Å²) in [6, 6.07) is 7.52. The Morgan fingerprint density at radius 1 is 1.24 bits per heavy atom. The lowest BCUT2D eigenvalue weighted by Crippen LogP contribution is -1.95. The van der Waals surface area contributed by atoms with Crippen molar-refractivity contribution in [1.29, 1.82) is 0 Å². The van der Waals surface area contributed by atoms with Gasteiger partial charge in [-0.2, -0.15) is 0 Å². The molecule has 0 saturated heterocycles. The minimum Gasteiger partial charge on any atom is -0.437 e. The Balaban J connectivity index is 2.16. The first-order valence-corrected chi connectivity index (χ1v) is 5.54. The molecule has 4 nitrogen and oxygen atoms in total. The summed E-state index contributed by atoms with van der Waals surface area (Å²) >= 11 is 3.05. The molecular weight excluding hydrogens is 291 g/mol. The van der Waals surface area contributed by atoms with Crippen molar-refractivity contribution in [3.8, 4) is 11.6 Å². The number of ether oxygens (including phenoxy) is 1. The molecule has 0 atom stereocenters. The molecule has 0 spiro atoms. The maximum Gasteiger partial charge on any atom is 0.238 e. The van der Waals surface area contributed by atoms with E-state index >= 15 is 0 Å². The van der Waals surface area contributed by atoms with Crippen molar-refractivity contribution < 1.29 is 14.2 Å². The van der Waals surface area contributed by atoms with Crippen LogP contribution in [-0.4, -0.2) is 15.3 Å². The molecule has 2 rings (SSSR count). The summed E-state index contributed by atoms with van der Waals surface area (Å²) in [6.07, 6.45) is 0. The number of hydrogen-bond donors (Lipinski definition) is 1. The molecule has 1 heterocycles. The molecule has 0 fully saturated rings. The summed E-state index contributed by atoms with van der Waals surface area (Å²) in [5, 5.41) is 16.2. The van der Waals surface area contributed by atoms with Crippen LogP contribution < -0.4 is 4.74 Å². The lowest BCUT2D eigenvalue weighted by Gasteiger charge is -2.04. The van der Waals surface area contributed by atoms with Crippen LogP contribution >= 0.6 is 15.9 Å². The summed E-state index contributed by atoms with van der Waals surface area (Å²) in [5.41, 5.74) is 0.444. The molecule has 0 bridgehead atoms. The van der Waals surface area contributed by atoms with Crippen molar-refractivity contribution in [2.24, 2.45) is 0 Å². The van der Waals surface area contributed by atoms with Crippen LogP contribution in [0.5, 0.6) is 11.6 Å². The Morgan fingerprint density at radius 2 is 2.06 bits per heavy atom. The molecule has 0 unspecified atom stereocenters. The van der Waals surface area contributed by atoms with Crippen molar-refractivity contribution in [3.05, 3.63) is 46.3 Å². The van der Waals surface area contributed by atoms with Gasteiger partial charge in [0.25, 0.3) is 0 Å². The number of aromatic nitrogens is 2. The van der Waals surface area contributed by atoms with Crippen molar-refractivity contribution in [2.75, 3.05) is 0 Å². The Morgan fingerprint density at radius 3 is 2.65 bits per heavy atom. The van der Waals surface area contributed by atoms with Gasteiger partial charge in [0.1, 0.15) is 11.6 Å². The third kappa shape index (κ3) is 2.98. The average Bonchev–Trinajstić information content (AvgIpc) is 2.35. The zero-order valence-corrected chi connectivity index (χ0v) is 10.2. The number of halogens is 2. The molecule has 17 heavy (non-hydrogen) atoms. The van der Waals surface area contributed by atoms with Gasteiger partial charge in [0.15, 0.2) is 0 Å². The van der Waals surface area contributed by atoms with E-state index in [1.54, 1.807) is 24.3 Å². The van der Waals surface area contributed by atoms with E-state index in [9.17, 15) is 4.39 Å². The third-order valence-electron chi connectivity index (χ3n) is 1.97. The smallest absolute Gasteiger partial charge is 0.238 e. The van der Waals surface area contributed by atoms with Crippen molar-refractivity contribution in [3.63, 3.8) is 0 Å². The zero-order chi connectivity index (χ0) is 12.3. The average molecular weight is 299 g/mol. The van der Waals surface area contributed by atoms with Gasteiger partial charge >= 0.3 is 0 Å². The van der Waals surface area contributed by atoms with Gasteiger partial charge in [-0.05, 0) is 34.1 Å². The Kier molecular flexibility index (Phi) is 3.65. The second-order valence-corrected chi connectivity index (χ2v) is 4.05. The van der Waals surface area contributed by atoms with Gasteiger partial charge < -0.3 is 9.84 Å². The molecule has 0 aliphatic carbocycles. The molecule has 1 N–H and O–H groups in total. The largest absolute Gasteiger partial charge is 0.437 e. The van der Waals surface area contributed by atoms with E-state index in [1.807, 2.05) is 0 Å². The molecule has 1 aromatic heterocycles. The van der Waals surface area contributed by atoms with Crippen molar-refractivity contribution >= 4 is 15.9 Å². The number of benzene rings is 1. The Labute approximate surface area is 105 Å². The highest BCUT2D eigenvalue weighted by atomic mass is 79.9. The van der Waals surface area contributed by atoms with E-state index in [0.29, 0.717) is 15.9 Å². The number of hydrogen-bond acceptors (Lipinski definition) is 4. The maximum atomic E-state index is 13.2. The fourth-order valence-corrected chi connectivity index (χ4v) is 1.39. The first-order valence-electron chi connectivity index (χ1n) is 4.75. The lowest BCUT2D eigenvalue weighted by atomic mass is 10.3. The normalized spacial score (nSPS) is 10.3. The fourth-order valence-electron chi connectivity index (χ4n) is 1.15. The Bertz CT molecular complexity index is 519. The molecule has 88 valence electrons. The summed E-state index contributed by atoms with van der Waals surface area (Å²) in [4.78, 5) is 0. The standard InChI is InChI=1S/C11H8BrFN2O2/c12-9-3-2-8(5-10(9)13)17-11-4-1-7(6-16)14-15-11/h1-5,16H,6H2. The number of aliphatic hydroxyl groups is 1. The summed E-state index contributed by atoms with van der Waals surface area (Å²) in [5.74, 6) is 0.156. The van der Waals surface area contributed by atoms with Gasteiger partial charge in [-0.25, -0.2) is 4.39 Å². The molecular formula is C11H8BrFN2O2. The fraction of sp³-hybridized carbons (Fsp3) is 0.0909. The Hall–Kier alpha value is -1.53.